The molecule has 4 bridgehead atoms. The zero-order chi connectivity index (χ0) is 14.6. The molecule has 1 aromatic heterocycles. The van der Waals surface area contributed by atoms with Crippen molar-refractivity contribution in [2.45, 2.75) is 51.5 Å². The number of nitrogens with zero attached hydrogens (tertiary/aromatic N) is 1. The molecular weight excluding hydrogens is 326 g/mol. The highest BCUT2D eigenvalue weighted by atomic mass is 79.9. The fourth-order valence-corrected chi connectivity index (χ4v) is 5.99. The predicted molar refractivity (Wildman–Crippen MR) is 90.0 cm³/mol. The molecule has 1 unspecified atom stereocenters. The molecule has 4 aliphatic rings. The van der Waals surface area contributed by atoms with E-state index in [1.807, 2.05) is 12.3 Å². The summed E-state index contributed by atoms with van der Waals surface area (Å²) in [5, 5.41) is 3.64. The van der Waals surface area contributed by atoms with Crippen molar-refractivity contribution in [3.05, 3.63) is 16.7 Å². The van der Waals surface area contributed by atoms with Gasteiger partial charge in [0.25, 0.3) is 0 Å². The van der Waals surface area contributed by atoms with Crippen LogP contribution in [0, 0.1) is 23.2 Å². The number of hydrogen-bond acceptors (Lipinski definition) is 3. The van der Waals surface area contributed by atoms with E-state index in [0.29, 0.717) is 11.5 Å². The van der Waals surface area contributed by atoms with Crippen LogP contribution in [0.3, 0.4) is 0 Å². The molecule has 0 amide bonds. The van der Waals surface area contributed by atoms with Crippen molar-refractivity contribution in [1.82, 2.24) is 4.98 Å². The van der Waals surface area contributed by atoms with Crippen LogP contribution in [0.5, 0.6) is 0 Å². The number of rotatable bonds is 3. The van der Waals surface area contributed by atoms with E-state index < -0.39 is 0 Å². The average molecular weight is 350 g/mol. The summed E-state index contributed by atoms with van der Waals surface area (Å²) in [5.74, 6) is 3.80. The molecule has 5 rings (SSSR count). The van der Waals surface area contributed by atoms with Crippen molar-refractivity contribution in [2.24, 2.45) is 23.2 Å². The van der Waals surface area contributed by atoms with Crippen molar-refractivity contribution in [3.8, 4) is 0 Å². The van der Waals surface area contributed by atoms with Gasteiger partial charge in [0.1, 0.15) is 5.82 Å². The Morgan fingerprint density at radius 1 is 1.24 bits per heavy atom. The minimum Gasteiger partial charge on any atom is -0.396 e. The van der Waals surface area contributed by atoms with E-state index in [1.54, 1.807) is 0 Å². The minimum atomic E-state index is 0.460. The lowest BCUT2D eigenvalue weighted by Crippen LogP contribution is -2.53. The summed E-state index contributed by atoms with van der Waals surface area (Å²) in [6, 6.07) is 2.39. The van der Waals surface area contributed by atoms with Gasteiger partial charge in [-0.15, -0.1) is 0 Å². The molecule has 4 aliphatic carbocycles. The molecule has 21 heavy (non-hydrogen) atoms. The van der Waals surface area contributed by atoms with Crippen LogP contribution in [-0.4, -0.2) is 11.0 Å². The molecule has 3 nitrogen and oxygen atoms in total. The second-order valence-electron chi connectivity index (χ2n) is 7.74. The van der Waals surface area contributed by atoms with E-state index in [0.717, 1.165) is 33.7 Å². The summed E-state index contributed by atoms with van der Waals surface area (Å²) in [6.45, 7) is 2.34. The van der Waals surface area contributed by atoms with Crippen LogP contribution in [0.25, 0.3) is 0 Å². The molecule has 0 radical (unpaired) electrons. The minimum absolute atomic E-state index is 0.460. The number of aromatic nitrogens is 1. The zero-order valence-electron chi connectivity index (χ0n) is 12.6. The number of nitrogen functional groups attached to an aromatic ring is 1. The first kappa shape index (κ1) is 13.9. The fourth-order valence-electron chi connectivity index (χ4n) is 5.64. The van der Waals surface area contributed by atoms with Crippen LogP contribution < -0.4 is 11.1 Å². The quantitative estimate of drug-likeness (QED) is 0.847. The molecule has 0 spiro atoms. The Labute approximate surface area is 135 Å². The first-order chi connectivity index (χ1) is 10.0. The van der Waals surface area contributed by atoms with Gasteiger partial charge in [0, 0.05) is 16.7 Å². The third-order valence-corrected chi connectivity index (χ3v) is 6.67. The van der Waals surface area contributed by atoms with E-state index in [4.69, 9.17) is 5.73 Å². The Balaban J connectivity index is 1.56. The molecule has 1 atom stereocenters. The van der Waals surface area contributed by atoms with Gasteiger partial charge in [-0.2, -0.15) is 0 Å². The average Bonchev–Trinajstić information content (AvgIpc) is 2.40. The molecule has 1 heterocycles. The maximum Gasteiger partial charge on any atom is 0.149 e. The lowest BCUT2D eigenvalue weighted by molar-refractivity contribution is -0.0602. The Morgan fingerprint density at radius 2 is 1.81 bits per heavy atom. The molecule has 0 aliphatic heterocycles. The van der Waals surface area contributed by atoms with Crippen LogP contribution in [0.2, 0.25) is 0 Å². The molecule has 4 saturated carbocycles. The molecule has 1 aromatic rings. The van der Waals surface area contributed by atoms with E-state index >= 15 is 0 Å². The monoisotopic (exact) mass is 349 g/mol. The van der Waals surface area contributed by atoms with Gasteiger partial charge in [-0.05, 0) is 90.6 Å². The number of nitrogens with one attached hydrogen (secondary N) is 1. The molecule has 4 fully saturated rings. The van der Waals surface area contributed by atoms with Gasteiger partial charge in [0.2, 0.25) is 0 Å². The van der Waals surface area contributed by atoms with Crippen molar-refractivity contribution < 1.29 is 0 Å². The summed E-state index contributed by atoms with van der Waals surface area (Å²) in [5.41, 5.74) is 7.33. The topological polar surface area (TPSA) is 50.9 Å². The van der Waals surface area contributed by atoms with Crippen LogP contribution in [0.4, 0.5) is 11.5 Å². The smallest absolute Gasteiger partial charge is 0.149 e. The Morgan fingerprint density at radius 3 is 2.33 bits per heavy atom. The van der Waals surface area contributed by atoms with Gasteiger partial charge in [-0.25, -0.2) is 4.98 Å². The first-order valence-corrected chi connectivity index (χ1v) is 9.01. The van der Waals surface area contributed by atoms with Crippen molar-refractivity contribution in [2.75, 3.05) is 11.1 Å². The van der Waals surface area contributed by atoms with Crippen molar-refractivity contribution in [1.29, 1.82) is 0 Å². The van der Waals surface area contributed by atoms with Gasteiger partial charge in [-0.3, -0.25) is 0 Å². The van der Waals surface area contributed by atoms with Gasteiger partial charge in [0.05, 0.1) is 5.69 Å². The first-order valence-electron chi connectivity index (χ1n) is 8.22. The third-order valence-electron chi connectivity index (χ3n) is 6.24. The molecule has 0 aromatic carbocycles. The number of pyridine rings is 1. The number of nitrogens with two attached hydrogens (primary N) is 1. The van der Waals surface area contributed by atoms with Gasteiger partial charge in [0.15, 0.2) is 0 Å². The number of anilines is 2. The molecule has 4 heteroatoms. The zero-order valence-corrected chi connectivity index (χ0v) is 14.2. The van der Waals surface area contributed by atoms with Crippen LogP contribution >= 0.6 is 15.9 Å². The van der Waals surface area contributed by atoms with Gasteiger partial charge >= 0.3 is 0 Å². The van der Waals surface area contributed by atoms with Crippen molar-refractivity contribution >= 4 is 27.4 Å². The van der Waals surface area contributed by atoms with Crippen LogP contribution in [0.15, 0.2) is 16.7 Å². The lowest BCUT2D eigenvalue weighted by atomic mass is 9.48. The molecule has 0 saturated heterocycles. The summed E-state index contributed by atoms with van der Waals surface area (Å²) >= 11 is 3.42. The van der Waals surface area contributed by atoms with Crippen LogP contribution in [-0.2, 0) is 0 Å². The molecular formula is C17H24BrN3. The molecule has 3 N–H and O–H groups in total. The second-order valence-corrected chi connectivity index (χ2v) is 8.65. The second kappa shape index (κ2) is 4.87. The summed E-state index contributed by atoms with van der Waals surface area (Å²) in [6.07, 6.45) is 10.5. The highest BCUT2D eigenvalue weighted by molar-refractivity contribution is 9.10. The fraction of sp³-hybridized carbons (Fsp3) is 0.706. The van der Waals surface area contributed by atoms with E-state index in [9.17, 15) is 0 Å². The Bertz CT molecular complexity index is 522. The number of hydrogen-bond donors (Lipinski definition) is 2. The lowest BCUT2D eigenvalue weighted by Gasteiger charge is -2.59. The van der Waals surface area contributed by atoms with Gasteiger partial charge < -0.3 is 11.1 Å². The SMILES string of the molecule is CC(Nc1ncc(Br)cc1N)C12CC3CC(CC(C3)C1)C2. The Kier molecular flexibility index (Phi) is 3.21. The largest absolute Gasteiger partial charge is 0.396 e. The summed E-state index contributed by atoms with van der Waals surface area (Å²) in [4.78, 5) is 4.46. The standard InChI is InChI=1S/C17H24BrN3/c1-10(21-16-15(19)5-14(18)9-20-16)17-6-11-2-12(7-17)4-13(3-11)8-17/h5,9-13H,2-4,6-8,19H2,1H3,(H,20,21). The third kappa shape index (κ3) is 2.36. The van der Waals surface area contributed by atoms with Crippen LogP contribution in [0.1, 0.15) is 45.4 Å². The molecule has 114 valence electrons. The predicted octanol–water partition coefficient (Wildman–Crippen LogP) is 4.44. The Hall–Kier alpha value is -0.770. The van der Waals surface area contributed by atoms with E-state index in [1.165, 1.54) is 38.5 Å². The van der Waals surface area contributed by atoms with Gasteiger partial charge in [-0.1, -0.05) is 0 Å². The number of halogens is 1. The summed E-state index contributed by atoms with van der Waals surface area (Å²) < 4.78 is 0.938. The maximum atomic E-state index is 6.11. The van der Waals surface area contributed by atoms with E-state index in [-0.39, 0.29) is 0 Å². The van der Waals surface area contributed by atoms with E-state index in [2.05, 4.69) is 33.2 Å². The normalized spacial score (nSPS) is 38.5. The van der Waals surface area contributed by atoms with Crippen molar-refractivity contribution in [3.63, 3.8) is 0 Å². The highest BCUT2D eigenvalue weighted by Gasteiger charge is 2.53. The summed E-state index contributed by atoms with van der Waals surface area (Å²) in [7, 11) is 0. The maximum absolute atomic E-state index is 6.11. The highest BCUT2D eigenvalue weighted by Crippen LogP contribution is 2.61.